The Kier molecular flexibility index (Phi) is 9.25. The van der Waals surface area contributed by atoms with Gasteiger partial charge in [0, 0.05) is 32.8 Å². The van der Waals surface area contributed by atoms with Crippen LogP contribution in [0.25, 0.3) is 0 Å². The summed E-state index contributed by atoms with van der Waals surface area (Å²) < 4.78 is 11.3. The summed E-state index contributed by atoms with van der Waals surface area (Å²) in [5.41, 5.74) is 2.75. The summed E-state index contributed by atoms with van der Waals surface area (Å²) in [6.07, 6.45) is 6.62. The van der Waals surface area contributed by atoms with E-state index in [1.807, 2.05) is 7.05 Å². The average Bonchev–Trinajstić information content (AvgIpc) is 3.14. The van der Waals surface area contributed by atoms with E-state index in [1.165, 1.54) is 49.9 Å². The monoisotopic (exact) mass is 402 g/mol. The van der Waals surface area contributed by atoms with Crippen LogP contribution in [0.3, 0.4) is 0 Å². The highest BCUT2D eigenvalue weighted by atomic mass is 16.5. The molecule has 2 aliphatic heterocycles. The van der Waals surface area contributed by atoms with Gasteiger partial charge in [0.2, 0.25) is 0 Å². The number of rotatable bonds is 8. The van der Waals surface area contributed by atoms with Gasteiger partial charge in [-0.05, 0) is 50.4 Å². The number of likely N-dealkylation sites (tertiary alicyclic amines) is 1. The zero-order valence-corrected chi connectivity index (χ0v) is 18.2. The van der Waals surface area contributed by atoms with Crippen molar-refractivity contribution in [1.29, 1.82) is 0 Å². The van der Waals surface area contributed by atoms with E-state index in [0.29, 0.717) is 13.2 Å². The molecular weight excluding hydrogens is 364 g/mol. The molecule has 0 bridgehead atoms. The molecular formula is C23H38N4O2. The van der Waals surface area contributed by atoms with Gasteiger partial charge in [0.25, 0.3) is 0 Å². The molecule has 6 nitrogen and oxygen atoms in total. The van der Waals surface area contributed by atoms with E-state index in [0.717, 1.165) is 32.1 Å². The SMILES string of the molecule is CN=C(NCc1ccccc1CN1CCCCCC1)NC(C)COC1CCOC1. The van der Waals surface area contributed by atoms with Gasteiger partial charge in [-0.25, -0.2) is 0 Å². The molecule has 3 rings (SSSR count). The van der Waals surface area contributed by atoms with Crippen molar-refractivity contribution in [2.75, 3.05) is 40.0 Å². The highest BCUT2D eigenvalue weighted by molar-refractivity contribution is 5.79. The number of benzene rings is 1. The molecule has 0 amide bonds. The Morgan fingerprint density at radius 1 is 1.21 bits per heavy atom. The van der Waals surface area contributed by atoms with Crippen molar-refractivity contribution in [2.24, 2.45) is 4.99 Å². The first kappa shape index (κ1) is 22.1. The van der Waals surface area contributed by atoms with Crippen LogP contribution >= 0.6 is 0 Å². The van der Waals surface area contributed by atoms with Crippen LogP contribution in [0, 0.1) is 0 Å². The molecule has 2 heterocycles. The van der Waals surface area contributed by atoms with Gasteiger partial charge in [-0.15, -0.1) is 0 Å². The van der Waals surface area contributed by atoms with Crippen LogP contribution in [0.15, 0.2) is 29.3 Å². The van der Waals surface area contributed by atoms with Crippen molar-refractivity contribution in [3.05, 3.63) is 35.4 Å². The highest BCUT2D eigenvalue weighted by Crippen LogP contribution is 2.16. The molecule has 0 spiro atoms. The van der Waals surface area contributed by atoms with Crippen molar-refractivity contribution in [2.45, 2.75) is 64.3 Å². The molecule has 1 aromatic rings. The molecule has 2 aliphatic rings. The van der Waals surface area contributed by atoms with Crippen LogP contribution in [0.2, 0.25) is 0 Å². The lowest BCUT2D eigenvalue weighted by atomic mass is 10.1. The summed E-state index contributed by atoms with van der Waals surface area (Å²) in [6.45, 7) is 8.55. The smallest absolute Gasteiger partial charge is 0.191 e. The van der Waals surface area contributed by atoms with E-state index < -0.39 is 0 Å². The van der Waals surface area contributed by atoms with E-state index in [2.05, 4.69) is 51.7 Å². The fourth-order valence-corrected chi connectivity index (χ4v) is 3.99. The zero-order valence-electron chi connectivity index (χ0n) is 18.2. The second-order valence-electron chi connectivity index (χ2n) is 8.25. The minimum absolute atomic E-state index is 0.189. The molecule has 6 heteroatoms. The molecule has 0 aromatic heterocycles. The summed E-state index contributed by atoms with van der Waals surface area (Å²) in [7, 11) is 1.82. The maximum absolute atomic E-state index is 5.91. The lowest BCUT2D eigenvalue weighted by Crippen LogP contribution is -2.44. The topological polar surface area (TPSA) is 58.1 Å². The Balaban J connectivity index is 1.47. The van der Waals surface area contributed by atoms with Gasteiger partial charge in [0.1, 0.15) is 0 Å². The van der Waals surface area contributed by atoms with Crippen LogP contribution in [0.5, 0.6) is 0 Å². The Bertz CT molecular complexity index is 623. The maximum Gasteiger partial charge on any atom is 0.191 e. The number of aliphatic imine (C=N–C) groups is 1. The Labute approximate surface area is 176 Å². The minimum Gasteiger partial charge on any atom is -0.379 e. The van der Waals surface area contributed by atoms with Crippen molar-refractivity contribution in [3.8, 4) is 0 Å². The molecule has 0 aliphatic carbocycles. The predicted octanol–water partition coefficient (Wildman–Crippen LogP) is 2.92. The fraction of sp³-hybridized carbons (Fsp3) is 0.696. The first-order valence-electron chi connectivity index (χ1n) is 11.2. The van der Waals surface area contributed by atoms with E-state index in [4.69, 9.17) is 9.47 Å². The van der Waals surface area contributed by atoms with Crippen molar-refractivity contribution in [1.82, 2.24) is 15.5 Å². The summed E-state index contributed by atoms with van der Waals surface area (Å²) in [5, 5.41) is 6.91. The average molecular weight is 403 g/mol. The summed E-state index contributed by atoms with van der Waals surface area (Å²) in [4.78, 5) is 6.99. The van der Waals surface area contributed by atoms with E-state index in [9.17, 15) is 0 Å². The molecule has 2 fully saturated rings. The zero-order chi connectivity index (χ0) is 20.3. The van der Waals surface area contributed by atoms with Crippen LogP contribution < -0.4 is 10.6 Å². The quantitative estimate of drug-likeness (QED) is 0.517. The molecule has 1 aromatic carbocycles. The van der Waals surface area contributed by atoms with Gasteiger partial charge >= 0.3 is 0 Å². The third kappa shape index (κ3) is 7.61. The number of nitrogens with one attached hydrogen (secondary N) is 2. The van der Waals surface area contributed by atoms with Crippen LogP contribution in [-0.4, -0.2) is 63.0 Å². The molecule has 162 valence electrons. The Morgan fingerprint density at radius 3 is 2.66 bits per heavy atom. The van der Waals surface area contributed by atoms with Gasteiger partial charge in [-0.2, -0.15) is 0 Å². The van der Waals surface area contributed by atoms with Gasteiger partial charge in [0.15, 0.2) is 5.96 Å². The second kappa shape index (κ2) is 12.2. The second-order valence-corrected chi connectivity index (χ2v) is 8.25. The fourth-order valence-electron chi connectivity index (χ4n) is 3.99. The van der Waals surface area contributed by atoms with Crippen molar-refractivity contribution >= 4 is 5.96 Å². The highest BCUT2D eigenvalue weighted by Gasteiger charge is 2.17. The van der Waals surface area contributed by atoms with Gasteiger partial charge < -0.3 is 20.1 Å². The predicted molar refractivity (Wildman–Crippen MR) is 118 cm³/mol. The third-order valence-corrected chi connectivity index (χ3v) is 5.73. The summed E-state index contributed by atoms with van der Waals surface area (Å²) >= 11 is 0. The number of hydrogen-bond acceptors (Lipinski definition) is 4. The number of guanidine groups is 1. The molecule has 2 N–H and O–H groups in total. The number of hydrogen-bond donors (Lipinski definition) is 2. The van der Waals surface area contributed by atoms with Crippen LogP contribution in [-0.2, 0) is 22.6 Å². The van der Waals surface area contributed by atoms with Crippen molar-refractivity contribution in [3.63, 3.8) is 0 Å². The largest absolute Gasteiger partial charge is 0.379 e. The van der Waals surface area contributed by atoms with E-state index in [1.54, 1.807) is 0 Å². The molecule has 0 saturated carbocycles. The molecule has 29 heavy (non-hydrogen) atoms. The van der Waals surface area contributed by atoms with Gasteiger partial charge in [-0.1, -0.05) is 37.1 Å². The maximum atomic E-state index is 5.91. The van der Waals surface area contributed by atoms with Gasteiger partial charge in [0.05, 0.1) is 19.3 Å². The lowest BCUT2D eigenvalue weighted by Gasteiger charge is -2.23. The van der Waals surface area contributed by atoms with Crippen LogP contribution in [0.1, 0.15) is 50.2 Å². The lowest BCUT2D eigenvalue weighted by molar-refractivity contribution is 0.0347. The third-order valence-electron chi connectivity index (χ3n) is 5.73. The summed E-state index contributed by atoms with van der Waals surface area (Å²) in [5.74, 6) is 0.813. The van der Waals surface area contributed by atoms with Gasteiger partial charge in [-0.3, -0.25) is 9.89 Å². The standard InChI is InChI=1S/C23H38N4O2/c1-19(17-29-22-11-14-28-18-22)26-23(24-2)25-15-20-9-5-6-10-21(20)16-27-12-7-3-4-8-13-27/h5-6,9-10,19,22H,3-4,7-8,11-18H2,1-2H3,(H2,24,25,26). The van der Waals surface area contributed by atoms with E-state index >= 15 is 0 Å². The molecule has 2 saturated heterocycles. The summed E-state index contributed by atoms with van der Waals surface area (Å²) in [6, 6.07) is 8.95. The minimum atomic E-state index is 0.189. The van der Waals surface area contributed by atoms with Crippen molar-refractivity contribution < 1.29 is 9.47 Å². The van der Waals surface area contributed by atoms with E-state index in [-0.39, 0.29) is 12.1 Å². The van der Waals surface area contributed by atoms with Crippen LogP contribution in [0.4, 0.5) is 0 Å². The first-order valence-corrected chi connectivity index (χ1v) is 11.2. The molecule has 0 radical (unpaired) electrons. The number of ether oxygens (including phenoxy) is 2. The Hall–Kier alpha value is -1.63. The molecule has 2 unspecified atom stereocenters. The first-order chi connectivity index (χ1) is 14.2. The number of nitrogens with zero attached hydrogens (tertiary/aromatic N) is 2. The normalized spacial score (nSPS) is 22.3. The molecule has 2 atom stereocenters. The Morgan fingerprint density at radius 2 is 1.97 bits per heavy atom.